The maximum absolute atomic E-state index is 5.52. The molecule has 0 saturated carbocycles. The Bertz CT molecular complexity index is 312. The molecule has 84 valence electrons. The predicted octanol–water partition coefficient (Wildman–Crippen LogP) is 1.79. The van der Waals surface area contributed by atoms with Crippen molar-refractivity contribution in [3.8, 4) is 5.75 Å². The lowest BCUT2D eigenvalue weighted by Gasteiger charge is -2.19. The molecule has 1 aromatic rings. The molecule has 0 aliphatic heterocycles. The van der Waals surface area contributed by atoms with Crippen LogP contribution in [0.5, 0.6) is 5.75 Å². The summed E-state index contributed by atoms with van der Waals surface area (Å²) in [5.74, 6) is 0.961. The van der Waals surface area contributed by atoms with Crippen molar-refractivity contribution in [2.45, 2.75) is 13.8 Å². The molecule has 0 radical (unpaired) electrons. The molecule has 0 amide bonds. The van der Waals surface area contributed by atoms with E-state index in [0.717, 1.165) is 12.3 Å². The lowest BCUT2D eigenvalue weighted by molar-refractivity contribution is 0.338. The van der Waals surface area contributed by atoms with E-state index in [-0.39, 0.29) is 0 Å². The molecule has 0 atom stereocenters. The van der Waals surface area contributed by atoms with Crippen molar-refractivity contribution in [3.05, 3.63) is 23.8 Å². The fourth-order valence-electron chi connectivity index (χ4n) is 1.51. The number of ether oxygens (including phenoxy) is 1. The number of hydrogen-bond acceptors (Lipinski definition) is 3. The first-order chi connectivity index (χ1) is 7.19. The summed E-state index contributed by atoms with van der Waals surface area (Å²) < 4.78 is 5.49. The van der Waals surface area contributed by atoms with Gasteiger partial charge in [-0.05, 0) is 37.6 Å². The maximum Gasteiger partial charge on any atom is 0.122 e. The van der Waals surface area contributed by atoms with E-state index in [4.69, 9.17) is 10.5 Å². The Balaban J connectivity index is 2.81. The van der Waals surface area contributed by atoms with Gasteiger partial charge in [0.2, 0.25) is 0 Å². The minimum Gasteiger partial charge on any atom is -0.494 e. The van der Waals surface area contributed by atoms with E-state index in [9.17, 15) is 0 Å². The van der Waals surface area contributed by atoms with Crippen molar-refractivity contribution in [1.82, 2.24) is 0 Å². The zero-order valence-corrected chi connectivity index (χ0v) is 9.79. The number of likely N-dealkylation sites (N-methyl/N-ethyl adjacent to an activating group) is 1. The molecule has 3 nitrogen and oxygen atoms in total. The Hall–Kier alpha value is -1.22. The van der Waals surface area contributed by atoms with Crippen molar-refractivity contribution < 1.29 is 4.74 Å². The molecule has 1 aromatic carbocycles. The Morgan fingerprint density at radius 2 is 2.13 bits per heavy atom. The minimum atomic E-state index is 0.669. The summed E-state index contributed by atoms with van der Waals surface area (Å²) in [7, 11) is 2.04. The zero-order chi connectivity index (χ0) is 11.3. The Morgan fingerprint density at radius 3 is 2.67 bits per heavy atom. The highest BCUT2D eigenvalue weighted by Gasteiger charge is 2.03. The van der Waals surface area contributed by atoms with E-state index < -0.39 is 0 Å². The van der Waals surface area contributed by atoms with Gasteiger partial charge >= 0.3 is 0 Å². The zero-order valence-electron chi connectivity index (χ0n) is 9.79. The fraction of sp³-hybridized carbons (Fsp3) is 0.500. The lowest BCUT2D eigenvalue weighted by Crippen LogP contribution is -2.24. The fourth-order valence-corrected chi connectivity index (χ4v) is 1.51. The molecule has 1 rings (SSSR count). The molecule has 3 heteroatoms. The highest BCUT2D eigenvalue weighted by Crippen LogP contribution is 2.23. The standard InChI is InChI=1S/C12H20N2O/c1-4-15-12-6-5-11(9-10(12)2)14(3)8-7-13/h5-6,9H,4,7-8,13H2,1-3H3. The highest BCUT2D eigenvalue weighted by molar-refractivity contribution is 5.52. The van der Waals surface area contributed by atoms with Gasteiger partial charge in [-0.2, -0.15) is 0 Å². The summed E-state index contributed by atoms with van der Waals surface area (Å²) in [6.07, 6.45) is 0. The molecule has 0 fully saturated rings. The Kier molecular flexibility index (Phi) is 4.43. The molecule has 0 unspecified atom stereocenters. The Morgan fingerprint density at radius 1 is 1.40 bits per heavy atom. The van der Waals surface area contributed by atoms with Gasteiger partial charge in [0.25, 0.3) is 0 Å². The van der Waals surface area contributed by atoms with Gasteiger partial charge in [-0.25, -0.2) is 0 Å². The monoisotopic (exact) mass is 208 g/mol. The predicted molar refractivity (Wildman–Crippen MR) is 64.7 cm³/mol. The van der Waals surface area contributed by atoms with Crippen LogP contribution in [0.4, 0.5) is 5.69 Å². The van der Waals surface area contributed by atoms with E-state index in [1.807, 2.05) is 20.0 Å². The van der Waals surface area contributed by atoms with E-state index in [1.165, 1.54) is 11.3 Å². The molecule has 2 N–H and O–H groups in total. The van der Waals surface area contributed by atoms with E-state index in [1.54, 1.807) is 0 Å². The van der Waals surface area contributed by atoms with Crippen molar-refractivity contribution in [1.29, 1.82) is 0 Å². The third-order valence-corrected chi connectivity index (χ3v) is 2.36. The SMILES string of the molecule is CCOc1ccc(N(C)CCN)cc1C. The first-order valence-corrected chi connectivity index (χ1v) is 5.33. The number of nitrogens with two attached hydrogens (primary N) is 1. The van der Waals surface area contributed by atoms with Crippen LogP contribution in [0, 0.1) is 6.92 Å². The summed E-state index contributed by atoms with van der Waals surface area (Å²) in [4.78, 5) is 2.14. The van der Waals surface area contributed by atoms with E-state index >= 15 is 0 Å². The smallest absolute Gasteiger partial charge is 0.122 e. The number of aryl methyl sites for hydroxylation is 1. The molecular formula is C12H20N2O. The van der Waals surface area contributed by atoms with Crippen LogP contribution in [0.25, 0.3) is 0 Å². The largest absolute Gasteiger partial charge is 0.494 e. The van der Waals surface area contributed by atoms with Gasteiger partial charge in [0, 0.05) is 25.8 Å². The van der Waals surface area contributed by atoms with Gasteiger partial charge in [-0.1, -0.05) is 0 Å². The van der Waals surface area contributed by atoms with Crippen molar-refractivity contribution in [2.24, 2.45) is 5.73 Å². The van der Waals surface area contributed by atoms with Crippen LogP contribution in [0.2, 0.25) is 0 Å². The van der Waals surface area contributed by atoms with E-state index in [0.29, 0.717) is 13.2 Å². The van der Waals surface area contributed by atoms with Crippen LogP contribution >= 0.6 is 0 Å². The van der Waals surface area contributed by atoms with Crippen LogP contribution < -0.4 is 15.4 Å². The third kappa shape index (κ3) is 3.13. The summed E-state index contributed by atoms with van der Waals surface area (Å²) in [6.45, 7) is 6.30. The van der Waals surface area contributed by atoms with Crippen molar-refractivity contribution in [2.75, 3.05) is 31.6 Å². The van der Waals surface area contributed by atoms with Crippen molar-refractivity contribution in [3.63, 3.8) is 0 Å². The molecule has 0 heterocycles. The third-order valence-electron chi connectivity index (χ3n) is 2.36. The van der Waals surface area contributed by atoms with Gasteiger partial charge in [0.15, 0.2) is 0 Å². The number of benzene rings is 1. The molecule has 0 bridgehead atoms. The van der Waals surface area contributed by atoms with Crippen LogP contribution in [0.15, 0.2) is 18.2 Å². The lowest BCUT2D eigenvalue weighted by atomic mass is 10.2. The molecule has 0 aromatic heterocycles. The minimum absolute atomic E-state index is 0.669. The highest BCUT2D eigenvalue weighted by atomic mass is 16.5. The molecular weight excluding hydrogens is 188 g/mol. The maximum atomic E-state index is 5.52. The van der Waals surface area contributed by atoms with Gasteiger partial charge in [-0.15, -0.1) is 0 Å². The number of hydrogen-bond donors (Lipinski definition) is 1. The van der Waals surface area contributed by atoms with Crippen LogP contribution in [0.3, 0.4) is 0 Å². The van der Waals surface area contributed by atoms with Gasteiger partial charge in [-0.3, -0.25) is 0 Å². The van der Waals surface area contributed by atoms with Crippen LogP contribution in [-0.2, 0) is 0 Å². The molecule has 0 saturated heterocycles. The average molecular weight is 208 g/mol. The summed E-state index contributed by atoms with van der Waals surface area (Å²) in [6, 6.07) is 6.20. The van der Waals surface area contributed by atoms with Gasteiger partial charge < -0.3 is 15.4 Å². The first-order valence-electron chi connectivity index (χ1n) is 5.33. The number of nitrogens with zero attached hydrogens (tertiary/aromatic N) is 1. The second-order valence-electron chi connectivity index (χ2n) is 3.59. The second-order valence-corrected chi connectivity index (χ2v) is 3.59. The quantitative estimate of drug-likeness (QED) is 0.801. The number of rotatable bonds is 5. The molecule has 0 aliphatic rings. The van der Waals surface area contributed by atoms with Crippen molar-refractivity contribution >= 4 is 5.69 Å². The second kappa shape index (κ2) is 5.61. The Labute approximate surface area is 91.8 Å². The number of anilines is 1. The average Bonchev–Trinajstić information content (AvgIpc) is 2.21. The normalized spacial score (nSPS) is 10.1. The van der Waals surface area contributed by atoms with E-state index in [2.05, 4.69) is 24.0 Å². The van der Waals surface area contributed by atoms with Crippen LogP contribution in [-0.4, -0.2) is 26.7 Å². The summed E-state index contributed by atoms with van der Waals surface area (Å²) in [5, 5.41) is 0. The van der Waals surface area contributed by atoms with Gasteiger partial charge in [0.05, 0.1) is 6.61 Å². The summed E-state index contributed by atoms with van der Waals surface area (Å²) >= 11 is 0. The molecule has 0 aliphatic carbocycles. The first kappa shape index (κ1) is 11.9. The molecule has 0 spiro atoms. The molecule has 15 heavy (non-hydrogen) atoms. The summed E-state index contributed by atoms with van der Waals surface area (Å²) in [5.41, 5.74) is 7.86. The van der Waals surface area contributed by atoms with Gasteiger partial charge in [0.1, 0.15) is 5.75 Å². The topological polar surface area (TPSA) is 38.5 Å². The van der Waals surface area contributed by atoms with Crippen LogP contribution in [0.1, 0.15) is 12.5 Å².